The predicted octanol–water partition coefficient (Wildman–Crippen LogP) is 3.05. The highest BCUT2D eigenvalue weighted by atomic mass is 16.2. The van der Waals surface area contributed by atoms with E-state index in [1.54, 1.807) is 18.5 Å². The number of benzene rings is 1. The molecule has 0 unspecified atom stereocenters. The van der Waals surface area contributed by atoms with Gasteiger partial charge in [-0.25, -0.2) is 9.97 Å². The number of carbonyl (C=O) groups is 1. The second-order valence-corrected chi connectivity index (χ2v) is 6.74. The number of anilines is 2. The molecule has 0 spiro atoms. The van der Waals surface area contributed by atoms with Crippen LogP contribution in [0.1, 0.15) is 15.9 Å². The van der Waals surface area contributed by atoms with Crippen LogP contribution in [0.2, 0.25) is 0 Å². The number of carbonyl (C=O) groups excluding carboxylic acids is 1. The van der Waals surface area contributed by atoms with Crippen LogP contribution < -0.4 is 10.2 Å². The number of hydrogen-bond acceptors (Lipinski definition) is 5. The standard InChI is InChI=1S/C22H23N5O/c28-22(27-14-12-26(13-15-27)21-8-4-5-10-24-21)19-9-11-23-20(16-19)25-17-18-6-2-1-3-7-18/h1-11,16H,12-15,17H2,(H,23,25). The minimum absolute atomic E-state index is 0.0471. The summed E-state index contributed by atoms with van der Waals surface area (Å²) in [6, 6.07) is 19.6. The molecule has 0 atom stereocenters. The average molecular weight is 373 g/mol. The van der Waals surface area contributed by atoms with Gasteiger partial charge in [-0.3, -0.25) is 4.79 Å². The molecule has 6 nitrogen and oxygen atoms in total. The van der Waals surface area contributed by atoms with Crippen LogP contribution in [0.25, 0.3) is 0 Å². The van der Waals surface area contributed by atoms with Crippen molar-refractivity contribution in [1.82, 2.24) is 14.9 Å². The molecule has 1 N–H and O–H groups in total. The summed E-state index contributed by atoms with van der Waals surface area (Å²) in [5, 5.41) is 3.29. The zero-order chi connectivity index (χ0) is 19.2. The third-order valence-corrected chi connectivity index (χ3v) is 4.86. The maximum absolute atomic E-state index is 12.9. The van der Waals surface area contributed by atoms with Gasteiger partial charge in [-0.1, -0.05) is 36.4 Å². The first-order valence-electron chi connectivity index (χ1n) is 9.49. The third-order valence-electron chi connectivity index (χ3n) is 4.86. The number of piperazine rings is 1. The van der Waals surface area contributed by atoms with E-state index in [-0.39, 0.29) is 5.91 Å². The van der Waals surface area contributed by atoms with Crippen molar-refractivity contribution in [3.05, 3.63) is 84.2 Å². The molecule has 1 saturated heterocycles. The van der Waals surface area contributed by atoms with Crippen molar-refractivity contribution in [2.24, 2.45) is 0 Å². The molecule has 1 fully saturated rings. The predicted molar refractivity (Wildman–Crippen MR) is 110 cm³/mol. The lowest BCUT2D eigenvalue weighted by atomic mass is 10.2. The maximum atomic E-state index is 12.9. The van der Waals surface area contributed by atoms with E-state index < -0.39 is 0 Å². The van der Waals surface area contributed by atoms with E-state index in [4.69, 9.17) is 0 Å². The van der Waals surface area contributed by atoms with Gasteiger partial charge in [0.1, 0.15) is 11.6 Å². The van der Waals surface area contributed by atoms with Crippen LogP contribution in [0.5, 0.6) is 0 Å². The highest BCUT2D eigenvalue weighted by molar-refractivity contribution is 5.95. The molecule has 142 valence electrons. The molecule has 2 aromatic heterocycles. The van der Waals surface area contributed by atoms with Gasteiger partial charge < -0.3 is 15.1 Å². The lowest BCUT2D eigenvalue weighted by Crippen LogP contribution is -2.49. The minimum Gasteiger partial charge on any atom is -0.366 e. The SMILES string of the molecule is O=C(c1ccnc(NCc2ccccc2)c1)N1CCN(c2ccccn2)CC1. The highest BCUT2D eigenvalue weighted by Gasteiger charge is 2.23. The van der Waals surface area contributed by atoms with Crippen molar-refractivity contribution in [2.75, 3.05) is 36.4 Å². The molecule has 0 aliphatic carbocycles. The van der Waals surface area contributed by atoms with E-state index in [0.29, 0.717) is 31.0 Å². The van der Waals surface area contributed by atoms with Crippen molar-refractivity contribution in [2.45, 2.75) is 6.54 Å². The van der Waals surface area contributed by atoms with E-state index in [9.17, 15) is 4.79 Å². The van der Waals surface area contributed by atoms with Gasteiger partial charge in [0.2, 0.25) is 0 Å². The van der Waals surface area contributed by atoms with Gasteiger partial charge in [-0.2, -0.15) is 0 Å². The van der Waals surface area contributed by atoms with E-state index in [1.807, 2.05) is 47.4 Å². The number of rotatable bonds is 5. The van der Waals surface area contributed by atoms with E-state index in [0.717, 1.165) is 18.9 Å². The Bertz CT molecular complexity index is 908. The second-order valence-electron chi connectivity index (χ2n) is 6.74. The van der Waals surface area contributed by atoms with Gasteiger partial charge in [0, 0.05) is 50.7 Å². The monoisotopic (exact) mass is 373 g/mol. The number of hydrogen-bond donors (Lipinski definition) is 1. The van der Waals surface area contributed by atoms with E-state index >= 15 is 0 Å². The Morgan fingerprint density at radius 1 is 0.893 bits per heavy atom. The fraction of sp³-hybridized carbons (Fsp3) is 0.227. The van der Waals surface area contributed by atoms with Gasteiger partial charge in [0.15, 0.2) is 0 Å². The summed E-state index contributed by atoms with van der Waals surface area (Å²) < 4.78 is 0. The first-order chi connectivity index (χ1) is 13.8. The van der Waals surface area contributed by atoms with Crippen LogP contribution in [0, 0.1) is 0 Å². The Balaban J connectivity index is 1.36. The largest absolute Gasteiger partial charge is 0.366 e. The molecule has 4 rings (SSSR count). The first-order valence-corrected chi connectivity index (χ1v) is 9.49. The van der Waals surface area contributed by atoms with Gasteiger partial charge >= 0.3 is 0 Å². The minimum atomic E-state index is 0.0471. The van der Waals surface area contributed by atoms with Crippen LogP contribution in [-0.2, 0) is 6.54 Å². The molecule has 28 heavy (non-hydrogen) atoms. The summed E-state index contributed by atoms with van der Waals surface area (Å²) in [7, 11) is 0. The average Bonchev–Trinajstić information content (AvgIpc) is 2.79. The van der Waals surface area contributed by atoms with Gasteiger partial charge in [0.25, 0.3) is 5.91 Å². The molecule has 1 aliphatic heterocycles. The number of pyridine rings is 2. The number of aromatic nitrogens is 2. The number of nitrogens with one attached hydrogen (secondary N) is 1. The summed E-state index contributed by atoms with van der Waals surface area (Å²) in [5.74, 6) is 1.72. The third kappa shape index (κ3) is 4.28. The number of amides is 1. The van der Waals surface area contributed by atoms with E-state index in [1.165, 1.54) is 5.56 Å². The molecule has 1 amide bonds. The molecule has 1 aromatic carbocycles. The van der Waals surface area contributed by atoms with E-state index in [2.05, 4.69) is 32.3 Å². The normalized spacial score (nSPS) is 14.0. The van der Waals surface area contributed by atoms with Crippen molar-refractivity contribution < 1.29 is 4.79 Å². The smallest absolute Gasteiger partial charge is 0.254 e. The Morgan fingerprint density at radius 2 is 1.68 bits per heavy atom. The lowest BCUT2D eigenvalue weighted by molar-refractivity contribution is 0.0746. The lowest BCUT2D eigenvalue weighted by Gasteiger charge is -2.35. The molecular formula is C22H23N5O. The van der Waals surface area contributed by atoms with Crippen LogP contribution in [-0.4, -0.2) is 47.0 Å². The Kier molecular flexibility index (Phi) is 5.47. The fourth-order valence-corrected chi connectivity index (χ4v) is 3.31. The molecule has 0 saturated carbocycles. The van der Waals surface area contributed by atoms with Crippen LogP contribution in [0.15, 0.2) is 73.1 Å². The van der Waals surface area contributed by atoms with Crippen molar-refractivity contribution in [3.63, 3.8) is 0 Å². The van der Waals surface area contributed by atoms with Gasteiger partial charge in [-0.15, -0.1) is 0 Å². The first kappa shape index (κ1) is 18.0. The molecule has 0 bridgehead atoms. The molecule has 1 aliphatic rings. The van der Waals surface area contributed by atoms with Crippen molar-refractivity contribution in [1.29, 1.82) is 0 Å². The maximum Gasteiger partial charge on any atom is 0.254 e. The second kappa shape index (κ2) is 8.52. The fourth-order valence-electron chi connectivity index (χ4n) is 3.31. The molecule has 0 radical (unpaired) electrons. The summed E-state index contributed by atoms with van der Waals surface area (Å²) in [5.41, 5.74) is 1.84. The molecule has 6 heteroatoms. The summed E-state index contributed by atoms with van der Waals surface area (Å²) in [6.07, 6.45) is 3.48. The van der Waals surface area contributed by atoms with Crippen molar-refractivity contribution >= 4 is 17.5 Å². The molecule has 3 aromatic rings. The summed E-state index contributed by atoms with van der Waals surface area (Å²) in [4.78, 5) is 25.7. The zero-order valence-electron chi connectivity index (χ0n) is 15.7. The Labute approximate surface area is 164 Å². The zero-order valence-corrected chi connectivity index (χ0v) is 15.7. The quantitative estimate of drug-likeness (QED) is 0.745. The van der Waals surface area contributed by atoms with Crippen LogP contribution in [0.4, 0.5) is 11.6 Å². The highest BCUT2D eigenvalue weighted by Crippen LogP contribution is 2.16. The summed E-state index contributed by atoms with van der Waals surface area (Å²) >= 11 is 0. The molecular weight excluding hydrogens is 350 g/mol. The van der Waals surface area contributed by atoms with Gasteiger partial charge in [0.05, 0.1) is 0 Å². The Morgan fingerprint density at radius 3 is 2.43 bits per heavy atom. The van der Waals surface area contributed by atoms with Gasteiger partial charge in [-0.05, 0) is 29.8 Å². The van der Waals surface area contributed by atoms with Crippen molar-refractivity contribution in [3.8, 4) is 0 Å². The van der Waals surface area contributed by atoms with Crippen LogP contribution >= 0.6 is 0 Å². The molecule has 3 heterocycles. The van der Waals surface area contributed by atoms with Crippen LogP contribution in [0.3, 0.4) is 0 Å². The topological polar surface area (TPSA) is 61.4 Å². The Hall–Kier alpha value is -3.41. The number of nitrogens with zero attached hydrogens (tertiary/aromatic N) is 4. The summed E-state index contributed by atoms with van der Waals surface area (Å²) in [6.45, 7) is 3.61.